The molecular weight excluding hydrogens is 337 g/mol. The minimum absolute atomic E-state index is 0.207. The van der Waals surface area contributed by atoms with Gasteiger partial charge in [-0.3, -0.25) is 4.79 Å². The average Bonchev–Trinajstić information content (AvgIpc) is 2.60. The molecule has 0 aliphatic carbocycles. The van der Waals surface area contributed by atoms with Crippen LogP contribution in [-0.4, -0.2) is 26.3 Å². The molecule has 0 radical (unpaired) electrons. The highest BCUT2D eigenvalue weighted by Crippen LogP contribution is 2.29. The van der Waals surface area contributed by atoms with E-state index in [0.717, 1.165) is 18.3 Å². The molecule has 0 saturated heterocycles. The van der Waals surface area contributed by atoms with Gasteiger partial charge in [-0.25, -0.2) is 5.43 Å². The predicted octanol–water partition coefficient (Wildman–Crippen LogP) is 3.49. The maximum absolute atomic E-state index is 12.6. The van der Waals surface area contributed by atoms with E-state index in [1.807, 2.05) is 0 Å². The number of methoxy groups -OCH3 is 2. The van der Waals surface area contributed by atoms with Gasteiger partial charge in [0.1, 0.15) is 11.5 Å². The first-order valence-electron chi connectivity index (χ1n) is 7.07. The van der Waals surface area contributed by atoms with Crippen LogP contribution < -0.4 is 14.9 Å². The lowest BCUT2D eigenvalue weighted by Crippen LogP contribution is -2.17. The number of amides is 1. The molecule has 1 N–H and O–H groups in total. The Labute approximate surface area is 142 Å². The Morgan fingerprint density at radius 1 is 1.08 bits per heavy atom. The van der Waals surface area contributed by atoms with Crippen LogP contribution in [0.25, 0.3) is 0 Å². The molecule has 0 aromatic heterocycles. The summed E-state index contributed by atoms with van der Waals surface area (Å²) >= 11 is 0. The van der Waals surface area contributed by atoms with Crippen LogP contribution >= 0.6 is 0 Å². The molecule has 0 heterocycles. The summed E-state index contributed by atoms with van der Waals surface area (Å²) in [4.78, 5) is 12.1. The quantitative estimate of drug-likeness (QED) is 0.662. The van der Waals surface area contributed by atoms with Crippen LogP contribution in [0.3, 0.4) is 0 Å². The van der Waals surface area contributed by atoms with Gasteiger partial charge in [0.15, 0.2) is 0 Å². The van der Waals surface area contributed by atoms with Crippen molar-refractivity contribution in [1.29, 1.82) is 0 Å². The molecule has 0 saturated carbocycles. The molecule has 5 nitrogen and oxygen atoms in total. The molecule has 1 amide bonds. The summed E-state index contributed by atoms with van der Waals surface area (Å²) in [5, 5.41) is 3.68. The molecule has 132 valence electrons. The van der Waals surface area contributed by atoms with Crippen molar-refractivity contribution in [3.8, 4) is 11.5 Å². The van der Waals surface area contributed by atoms with E-state index in [2.05, 4.69) is 10.5 Å². The Morgan fingerprint density at radius 3 is 2.28 bits per heavy atom. The highest BCUT2D eigenvalue weighted by molar-refractivity contribution is 5.95. The summed E-state index contributed by atoms with van der Waals surface area (Å²) in [5.74, 6) is 0.290. The van der Waals surface area contributed by atoms with E-state index < -0.39 is 17.6 Å². The molecule has 0 aliphatic heterocycles. The van der Waals surface area contributed by atoms with E-state index in [1.54, 1.807) is 6.07 Å². The molecule has 8 heteroatoms. The van der Waals surface area contributed by atoms with Crippen molar-refractivity contribution in [2.75, 3.05) is 14.2 Å². The van der Waals surface area contributed by atoms with Gasteiger partial charge in [0.25, 0.3) is 5.91 Å². The molecule has 0 bridgehead atoms. The molecule has 2 aromatic carbocycles. The number of rotatable bonds is 5. The molecule has 25 heavy (non-hydrogen) atoms. The van der Waals surface area contributed by atoms with Crippen LogP contribution in [0.1, 0.15) is 21.5 Å². The number of carbonyl (C=O) groups excluding carboxylic acids is 1. The molecule has 0 atom stereocenters. The van der Waals surface area contributed by atoms with Gasteiger partial charge in [-0.05, 0) is 29.8 Å². The minimum atomic E-state index is -4.44. The zero-order chi connectivity index (χ0) is 18.4. The first-order chi connectivity index (χ1) is 11.8. The van der Waals surface area contributed by atoms with Crippen molar-refractivity contribution in [2.24, 2.45) is 5.10 Å². The van der Waals surface area contributed by atoms with Gasteiger partial charge in [-0.15, -0.1) is 0 Å². The molecular formula is C17H15F3N2O3. The Bertz CT molecular complexity index is 767. The third-order valence-corrected chi connectivity index (χ3v) is 3.21. The second-order valence-electron chi connectivity index (χ2n) is 4.92. The van der Waals surface area contributed by atoms with Gasteiger partial charge in [0, 0.05) is 11.6 Å². The number of alkyl halides is 3. The first kappa shape index (κ1) is 18.3. The van der Waals surface area contributed by atoms with Gasteiger partial charge in [-0.1, -0.05) is 12.1 Å². The van der Waals surface area contributed by atoms with E-state index in [1.165, 1.54) is 38.5 Å². The number of hydrazone groups is 1. The van der Waals surface area contributed by atoms with Crippen molar-refractivity contribution in [3.63, 3.8) is 0 Å². The number of carbonyl (C=O) groups is 1. The molecule has 2 aromatic rings. The van der Waals surface area contributed by atoms with E-state index in [4.69, 9.17) is 9.47 Å². The van der Waals surface area contributed by atoms with Crippen LogP contribution in [0.5, 0.6) is 11.5 Å². The smallest absolute Gasteiger partial charge is 0.416 e. The summed E-state index contributed by atoms with van der Waals surface area (Å²) in [6.07, 6.45) is -3.31. The topological polar surface area (TPSA) is 59.9 Å². The highest BCUT2D eigenvalue weighted by atomic mass is 19.4. The Hall–Kier alpha value is -3.03. The fourth-order valence-corrected chi connectivity index (χ4v) is 1.96. The van der Waals surface area contributed by atoms with Crippen molar-refractivity contribution >= 4 is 12.1 Å². The second-order valence-corrected chi connectivity index (χ2v) is 4.92. The lowest BCUT2D eigenvalue weighted by molar-refractivity contribution is -0.137. The Morgan fingerprint density at radius 2 is 1.72 bits per heavy atom. The number of nitrogens with zero attached hydrogens (tertiary/aromatic N) is 1. The van der Waals surface area contributed by atoms with Gasteiger partial charge in [0.05, 0.1) is 26.0 Å². The number of nitrogens with one attached hydrogen (secondary N) is 1. The lowest BCUT2D eigenvalue weighted by atomic mass is 10.1. The highest BCUT2D eigenvalue weighted by Gasteiger charge is 2.30. The molecule has 2 rings (SSSR count). The van der Waals surface area contributed by atoms with Gasteiger partial charge >= 0.3 is 6.18 Å². The number of ether oxygens (including phenoxy) is 2. The van der Waals surface area contributed by atoms with Crippen LogP contribution in [0.4, 0.5) is 13.2 Å². The van der Waals surface area contributed by atoms with Crippen LogP contribution in [0.2, 0.25) is 0 Å². The average molecular weight is 352 g/mol. The summed E-state index contributed by atoms with van der Waals surface area (Å²) in [6.45, 7) is 0. The van der Waals surface area contributed by atoms with Crippen LogP contribution in [-0.2, 0) is 6.18 Å². The minimum Gasteiger partial charge on any atom is -0.497 e. The monoisotopic (exact) mass is 352 g/mol. The van der Waals surface area contributed by atoms with E-state index in [9.17, 15) is 18.0 Å². The number of benzene rings is 2. The van der Waals surface area contributed by atoms with Crippen molar-refractivity contribution < 1.29 is 27.4 Å². The van der Waals surface area contributed by atoms with Crippen molar-refractivity contribution in [2.45, 2.75) is 6.18 Å². The number of halogens is 3. The van der Waals surface area contributed by atoms with E-state index >= 15 is 0 Å². The normalized spacial score (nSPS) is 11.4. The van der Waals surface area contributed by atoms with Crippen molar-refractivity contribution in [3.05, 3.63) is 59.2 Å². The third kappa shape index (κ3) is 4.97. The molecule has 0 aliphatic rings. The zero-order valence-electron chi connectivity index (χ0n) is 13.4. The fraction of sp³-hybridized carbons (Fsp3) is 0.176. The number of hydrogen-bond acceptors (Lipinski definition) is 4. The third-order valence-electron chi connectivity index (χ3n) is 3.21. The summed E-state index contributed by atoms with van der Waals surface area (Å²) < 4.78 is 48.1. The summed E-state index contributed by atoms with van der Waals surface area (Å²) in [5.41, 5.74) is 1.90. The maximum Gasteiger partial charge on any atom is 0.416 e. The predicted molar refractivity (Wildman–Crippen MR) is 86.1 cm³/mol. The largest absolute Gasteiger partial charge is 0.497 e. The SMILES string of the molecule is COc1cc(OC)cc(C(=O)N/N=C/c2cccc(C(F)(F)F)c2)c1. The summed E-state index contributed by atoms with van der Waals surface area (Å²) in [6, 6.07) is 9.17. The Kier molecular flexibility index (Phi) is 5.63. The first-order valence-corrected chi connectivity index (χ1v) is 7.07. The van der Waals surface area contributed by atoms with E-state index in [0.29, 0.717) is 11.5 Å². The van der Waals surface area contributed by atoms with Crippen molar-refractivity contribution in [1.82, 2.24) is 5.43 Å². The van der Waals surface area contributed by atoms with Gasteiger partial charge in [0.2, 0.25) is 0 Å². The molecule has 0 unspecified atom stereocenters. The van der Waals surface area contributed by atoms with Gasteiger partial charge < -0.3 is 9.47 Å². The second kappa shape index (κ2) is 7.69. The van der Waals surface area contributed by atoms with E-state index in [-0.39, 0.29) is 11.1 Å². The molecule has 0 fully saturated rings. The zero-order valence-corrected chi connectivity index (χ0v) is 13.4. The summed E-state index contributed by atoms with van der Waals surface area (Å²) in [7, 11) is 2.89. The standard InChI is InChI=1S/C17H15F3N2O3/c1-24-14-7-12(8-15(9-14)25-2)16(23)22-21-10-11-4-3-5-13(6-11)17(18,19)20/h3-10H,1-2H3,(H,22,23)/b21-10+. The lowest BCUT2D eigenvalue weighted by Gasteiger charge is -2.07. The van der Waals surface area contributed by atoms with Gasteiger partial charge in [-0.2, -0.15) is 18.3 Å². The maximum atomic E-state index is 12.6. The van der Waals surface area contributed by atoms with Crippen LogP contribution in [0.15, 0.2) is 47.6 Å². The Balaban J connectivity index is 2.11. The molecule has 0 spiro atoms. The number of hydrogen-bond donors (Lipinski definition) is 1. The van der Waals surface area contributed by atoms with Crippen LogP contribution in [0, 0.1) is 0 Å². The fourth-order valence-electron chi connectivity index (χ4n) is 1.96.